The number of hydrogen-bond acceptors (Lipinski definition) is 3. The first-order chi connectivity index (χ1) is 10.5. The molecule has 1 N–H and O–H groups in total. The van der Waals surface area contributed by atoms with E-state index in [4.69, 9.17) is 5.26 Å². The largest absolute Gasteiger partial charge is 0.349 e. The fraction of sp³-hybridized carbons (Fsp3) is 0.250. The lowest BCUT2D eigenvalue weighted by Crippen LogP contribution is -2.32. The predicted molar refractivity (Wildman–Crippen MR) is 81.3 cm³/mol. The topological polar surface area (TPSA) is 61.1 Å². The Morgan fingerprint density at radius 3 is 2.73 bits per heavy atom. The number of nitrogens with one attached hydrogen (secondary N) is 1. The molecule has 1 aromatic heterocycles. The van der Waals surface area contributed by atoms with Gasteiger partial charge < -0.3 is 14.8 Å². The van der Waals surface area contributed by atoms with E-state index in [9.17, 15) is 9.18 Å². The van der Waals surface area contributed by atoms with Crippen LogP contribution in [-0.2, 0) is 0 Å². The van der Waals surface area contributed by atoms with E-state index in [-0.39, 0.29) is 16.9 Å². The number of hydrogen-bond donors (Lipinski definition) is 1. The van der Waals surface area contributed by atoms with Crippen LogP contribution in [0.15, 0.2) is 36.5 Å². The summed E-state index contributed by atoms with van der Waals surface area (Å²) in [7, 11) is 3.80. The van der Waals surface area contributed by atoms with Gasteiger partial charge in [0.15, 0.2) is 0 Å². The number of nitrogens with zero attached hydrogens (tertiary/aromatic N) is 3. The molecular formula is C16H17FN4O. The molecule has 0 aliphatic carbocycles. The van der Waals surface area contributed by atoms with Crippen molar-refractivity contribution in [2.75, 3.05) is 27.2 Å². The summed E-state index contributed by atoms with van der Waals surface area (Å²) >= 11 is 0. The molecule has 0 bridgehead atoms. The maximum Gasteiger partial charge on any atom is 0.269 e. The number of para-hydroxylation sites is 1. The summed E-state index contributed by atoms with van der Waals surface area (Å²) in [5, 5.41) is 11.9. The van der Waals surface area contributed by atoms with E-state index in [1.807, 2.05) is 25.1 Å². The summed E-state index contributed by atoms with van der Waals surface area (Å²) in [6.45, 7) is 1.12. The van der Waals surface area contributed by atoms with Crippen molar-refractivity contribution in [1.82, 2.24) is 14.8 Å². The second-order valence-corrected chi connectivity index (χ2v) is 5.07. The highest BCUT2D eigenvalue weighted by molar-refractivity contribution is 5.95. The van der Waals surface area contributed by atoms with Gasteiger partial charge in [-0.1, -0.05) is 12.1 Å². The van der Waals surface area contributed by atoms with Crippen molar-refractivity contribution in [1.29, 1.82) is 5.26 Å². The third-order valence-corrected chi connectivity index (χ3v) is 3.18. The summed E-state index contributed by atoms with van der Waals surface area (Å²) in [6.07, 6.45) is 1.53. The fourth-order valence-corrected chi connectivity index (χ4v) is 2.08. The molecule has 0 atom stereocenters. The minimum atomic E-state index is -0.454. The summed E-state index contributed by atoms with van der Waals surface area (Å²) in [5.74, 6) is -0.850. The van der Waals surface area contributed by atoms with Crippen molar-refractivity contribution >= 4 is 5.91 Å². The zero-order valence-corrected chi connectivity index (χ0v) is 12.5. The molecule has 1 amide bonds. The average molecular weight is 300 g/mol. The SMILES string of the molecule is CN(C)CCNC(=O)c1c(C#N)ccn1-c1ccccc1F. The number of amides is 1. The quantitative estimate of drug-likeness (QED) is 0.915. The van der Waals surface area contributed by atoms with Crippen molar-refractivity contribution in [3.05, 3.63) is 53.6 Å². The maximum absolute atomic E-state index is 13.9. The lowest BCUT2D eigenvalue weighted by atomic mass is 10.2. The van der Waals surface area contributed by atoms with Crippen molar-refractivity contribution in [2.24, 2.45) is 0 Å². The Labute approximate surface area is 128 Å². The molecule has 0 aliphatic rings. The van der Waals surface area contributed by atoms with Gasteiger partial charge in [-0.25, -0.2) is 4.39 Å². The molecule has 0 unspecified atom stereocenters. The van der Waals surface area contributed by atoms with Gasteiger partial charge in [0.2, 0.25) is 0 Å². The van der Waals surface area contributed by atoms with Gasteiger partial charge in [0.1, 0.15) is 17.6 Å². The smallest absolute Gasteiger partial charge is 0.269 e. The van der Waals surface area contributed by atoms with Crippen LogP contribution >= 0.6 is 0 Å². The van der Waals surface area contributed by atoms with Gasteiger partial charge in [-0.3, -0.25) is 4.79 Å². The number of benzene rings is 1. The monoisotopic (exact) mass is 300 g/mol. The highest BCUT2D eigenvalue weighted by atomic mass is 19.1. The molecule has 2 rings (SSSR count). The van der Waals surface area contributed by atoms with Crippen molar-refractivity contribution in [3.63, 3.8) is 0 Å². The molecule has 5 nitrogen and oxygen atoms in total. The Morgan fingerprint density at radius 1 is 1.36 bits per heavy atom. The molecule has 0 saturated carbocycles. The van der Waals surface area contributed by atoms with Crippen molar-refractivity contribution < 1.29 is 9.18 Å². The number of aromatic nitrogens is 1. The Balaban J connectivity index is 2.34. The highest BCUT2D eigenvalue weighted by Crippen LogP contribution is 2.19. The number of likely N-dealkylation sites (N-methyl/N-ethyl adjacent to an activating group) is 1. The molecule has 22 heavy (non-hydrogen) atoms. The first-order valence-electron chi connectivity index (χ1n) is 6.84. The molecule has 1 aromatic carbocycles. The summed E-state index contributed by atoms with van der Waals surface area (Å²) < 4.78 is 15.3. The minimum absolute atomic E-state index is 0.145. The van der Waals surface area contributed by atoms with E-state index in [1.165, 1.54) is 22.9 Å². The van der Waals surface area contributed by atoms with E-state index < -0.39 is 11.7 Å². The van der Waals surface area contributed by atoms with Crippen LogP contribution in [0.2, 0.25) is 0 Å². The van der Waals surface area contributed by atoms with E-state index in [0.717, 1.165) is 0 Å². The first-order valence-corrected chi connectivity index (χ1v) is 6.84. The minimum Gasteiger partial charge on any atom is -0.349 e. The summed E-state index contributed by atoms with van der Waals surface area (Å²) in [5.41, 5.74) is 0.596. The molecule has 0 saturated heterocycles. The lowest BCUT2D eigenvalue weighted by molar-refractivity contribution is 0.0944. The second kappa shape index (κ2) is 6.87. The molecule has 0 radical (unpaired) electrons. The predicted octanol–water partition coefficient (Wildman–Crippen LogP) is 1.78. The highest BCUT2D eigenvalue weighted by Gasteiger charge is 2.19. The normalized spacial score (nSPS) is 10.5. The van der Waals surface area contributed by atoms with Gasteiger partial charge in [0.05, 0.1) is 11.3 Å². The Kier molecular flexibility index (Phi) is 4.92. The van der Waals surface area contributed by atoms with Gasteiger partial charge in [-0.05, 0) is 32.3 Å². The van der Waals surface area contributed by atoms with Crippen LogP contribution < -0.4 is 5.32 Å². The Morgan fingerprint density at radius 2 is 2.09 bits per heavy atom. The zero-order valence-electron chi connectivity index (χ0n) is 12.5. The van der Waals surface area contributed by atoms with Crippen LogP contribution in [0.25, 0.3) is 5.69 Å². The van der Waals surface area contributed by atoms with Gasteiger partial charge in [0, 0.05) is 19.3 Å². The van der Waals surface area contributed by atoms with Crippen LogP contribution in [0.5, 0.6) is 0 Å². The van der Waals surface area contributed by atoms with E-state index >= 15 is 0 Å². The third kappa shape index (κ3) is 3.32. The molecule has 0 fully saturated rings. The molecule has 2 aromatic rings. The van der Waals surface area contributed by atoms with Crippen molar-refractivity contribution in [3.8, 4) is 11.8 Å². The van der Waals surface area contributed by atoms with Crippen LogP contribution in [0.3, 0.4) is 0 Å². The summed E-state index contributed by atoms with van der Waals surface area (Å²) in [4.78, 5) is 14.3. The standard InChI is InChI=1S/C16H17FN4O/c1-20(2)10-8-19-16(22)15-12(11-18)7-9-21(15)14-6-4-3-5-13(14)17/h3-7,9H,8,10H2,1-2H3,(H,19,22). The fourth-order valence-electron chi connectivity index (χ4n) is 2.08. The lowest BCUT2D eigenvalue weighted by Gasteiger charge is -2.13. The maximum atomic E-state index is 13.9. The van der Waals surface area contributed by atoms with Crippen molar-refractivity contribution in [2.45, 2.75) is 0 Å². The Bertz CT molecular complexity index is 715. The molecule has 6 heteroatoms. The number of carbonyl (C=O) groups excluding carboxylic acids is 1. The number of nitriles is 1. The molecular weight excluding hydrogens is 283 g/mol. The third-order valence-electron chi connectivity index (χ3n) is 3.18. The second-order valence-electron chi connectivity index (χ2n) is 5.07. The number of rotatable bonds is 5. The zero-order chi connectivity index (χ0) is 16.1. The van der Waals surface area contributed by atoms with Crippen LogP contribution in [-0.4, -0.2) is 42.6 Å². The van der Waals surface area contributed by atoms with Gasteiger partial charge in [-0.15, -0.1) is 0 Å². The van der Waals surface area contributed by atoms with Gasteiger partial charge in [0.25, 0.3) is 5.91 Å². The van der Waals surface area contributed by atoms with E-state index in [0.29, 0.717) is 13.1 Å². The van der Waals surface area contributed by atoms with E-state index in [1.54, 1.807) is 18.2 Å². The molecule has 0 spiro atoms. The van der Waals surface area contributed by atoms with Crippen LogP contribution in [0, 0.1) is 17.1 Å². The molecule has 0 aliphatic heterocycles. The molecule has 1 heterocycles. The summed E-state index contributed by atoms with van der Waals surface area (Å²) in [6, 6.07) is 9.61. The molecule has 114 valence electrons. The van der Waals surface area contributed by atoms with Gasteiger partial charge >= 0.3 is 0 Å². The average Bonchev–Trinajstić information content (AvgIpc) is 2.91. The first kappa shape index (κ1) is 15.7. The van der Waals surface area contributed by atoms with Gasteiger partial charge in [-0.2, -0.15) is 5.26 Å². The number of halogens is 1. The van der Waals surface area contributed by atoms with E-state index in [2.05, 4.69) is 5.32 Å². The van der Waals surface area contributed by atoms with Crippen LogP contribution in [0.4, 0.5) is 4.39 Å². The number of carbonyl (C=O) groups is 1. The van der Waals surface area contributed by atoms with Crippen LogP contribution in [0.1, 0.15) is 16.1 Å². The Hall–Kier alpha value is -2.65.